The number of amides is 1. The van der Waals surface area contributed by atoms with Crippen LogP contribution in [0.4, 0.5) is 17.3 Å². The molecule has 7 nitrogen and oxygen atoms in total. The largest absolute Gasteiger partial charge is 0.381 e. The van der Waals surface area contributed by atoms with Crippen molar-refractivity contribution in [3.05, 3.63) is 41.2 Å². The number of nitrogens with one attached hydrogen (secondary N) is 2. The van der Waals surface area contributed by atoms with E-state index in [9.17, 15) is 4.79 Å². The van der Waals surface area contributed by atoms with E-state index in [1.165, 1.54) is 24.8 Å². The standard InChI is InChI=1S/C23H31ClN4O.C2H5NOS/c1-16(2)15-28(18-8-12-29-13-9-18)19-5-6-20(23(3)10-11-23)26-22(19)27-21-7-4-17(24)14-25-21;1-5-3-2-4/h4-7,14,16,18H,8-13,15H2,1-3H3,(H,25,26,27);2H,1H3,(H,3,4). The Labute approximate surface area is 212 Å². The van der Waals surface area contributed by atoms with Crippen molar-refractivity contribution in [1.29, 1.82) is 0 Å². The van der Waals surface area contributed by atoms with Crippen LogP contribution in [0, 0.1) is 5.92 Å². The summed E-state index contributed by atoms with van der Waals surface area (Å²) in [5, 5.41) is 4.11. The minimum absolute atomic E-state index is 0.212. The van der Waals surface area contributed by atoms with Crippen LogP contribution in [0.15, 0.2) is 30.5 Å². The zero-order valence-electron chi connectivity index (χ0n) is 20.5. The maximum Gasteiger partial charge on any atom is 0.216 e. The van der Waals surface area contributed by atoms with Crippen molar-refractivity contribution in [3.8, 4) is 0 Å². The molecule has 0 radical (unpaired) electrons. The maximum atomic E-state index is 9.27. The number of hydrogen-bond acceptors (Lipinski definition) is 7. The van der Waals surface area contributed by atoms with Gasteiger partial charge in [-0.2, -0.15) is 0 Å². The molecule has 0 atom stereocenters. The summed E-state index contributed by atoms with van der Waals surface area (Å²) >= 11 is 7.31. The molecule has 0 unspecified atom stereocenters. The third-order valence-corrected chi connectivity index (χ3v) is 6.69. The Morgan fingerprint density at radius 3 is 2.53 bits per heavy atom. The Balaban J connectivity index is 0.000000588. The number of rotatable bonds is 9. The van der Waals surface area contributed by atoms with Gasteiger partial charge in [-0.1, -0.05) is 44.3 Å². The lowest BCUT2D eigenvalue weighted by Gasteiger charge is -2.38. The van der Waals surface area contributed by atoms with E-state index in [4.69, 9.17) is 21.3 Å². The molecule has 2 aliphatic rings. The predicted octanol–water partition coefficient (Wildman–Crippen LogP) is 5.58. The first kappa shape index (κ1) is 26.6. The number of aromatic nitrogens is 2. The van der Waals surface area contributed by atoms with Gasteiger partial charge in [0.05, 0.1) is 10.7 Å². The molecule has 0 spiro atoms. The average molecular weight is 506 g/mol. The SMILES string of the molecule is CC(C)CN(c1ccc(C2(C)CC2)nc1Nc1ccc(Cl)cn1)C1CCOCC1.CSNC=O. The molecule has 2 fully saturated rings. The Kier molecular flexibility index (Phi) is 9.85. The van der Waals surface area contributed by atoms with Crippen LogP contribution in [0.2, 0.25) is 5.02 Å². The molecule has 9 heteroatoms. The van der Waals surface area contributed by atoms with E-state index in [1.807, 2.05) is 12.1 Å². The van der Waals surface area contributed by atoms with Crippen LogP contribution in [-0.4, -0.2) is 48.4 Å². The second kappa shape index (κ2) is 12.6. The van der Waals surface area contributed by atoms with E-state index in [1.54, 1.807) is 12.5 Å². The van der Waals surface area contributed by atoms with Gasteiger partial charge in [0.25, 0.3) is 0 Å². The minimum Gasteiger partial charge on any atom is -0.381 e. The fraction of sp³-hybridized carbons (Fsp3) is 0.560. The zero-order chi connectivity index (χ0) is 24.6. The number of anilines is 3. The third kappa shape index (κ3) is 7.48. The highest BCUT2D eigenvalue weighted by Crippen LogP contribution is 2.48. The van der Waals surface area contributed by atoms with Crippen molar-refractivity contribution >= 4 is 47.3 Å². The minimum atomic E-state index is 0.212. The Morgan fingerprint density at radius 1 is 1.26 bits per heavy atom. The number of halogens is 1. The molecule has 0 bridgehead atoms. The normalized spacial score (nSPS) is 16.9. The molecule has 2 aromatic heterocycles. The van der Waals surface area contributed by atoms with Gasteiger partial charge < -0.3 is 19.7 Å². The van der Waals surface area contributed by atoms with Crippen LogP contribution < -0.4 is 14.9 Å². The number of ether oxygens (including phenoxy) is 1. The van der Waals surface area contributed by atoms with Gasteiger partial charge in [-0.05, 0) is 55.9 Å². The summed E-state index contributed by atoms with van der Waals surface area (Å²) in [5.41, 5.74) is 2.52. The van der Waals surface area contributed by atoms with Gasteiger partial charge >= 0.3 is 0 Å². The number of pyridine rings is 2. The van der Waals surface area contributed by atoms with Crippen molar-refractivity contribution in [2.45, 2.75) is 57.9 Å². The van der Waals surface area contributed by atoms with Gasteiger partial charge in [-0.15, -0.1) is 0 Å². The highest BCUT2D eigenvalue weighted by atomic mass is 35.5. The predicted molar refractivity (Wildman–Crippen MR) is 142 cm³/mol. The van der Waals surface area contributed by atoms with E-state index >= 15 is 0 Å². The van der Waals surface area contributed by atoms with Crippen molar-refractivity contribution in [3.63, 3.8) is 0 Å². The summed E-state index contributed by atoms with van der Waals surface area (Å²) < 4.78 is 7.97. The summed E-state index contributed by atoms with van der Waals surface area (Å²) in [4.78, 5) is 21.3. The molecule has 34 heavy (non-hydrogen) atoms. The van der Waals surface area contributed by atoms with Crippen LogP contribution in [0.5, 0.6) is 0 Å². The molecular formula is C25H36ClN5O2S. The lowest BCUT2D eigenvalue weighted by atomic mass is 10.0. The third-order valence-electron chi connectivity index (χ3n) is 6.14. The fourth-order valence-corrected chi connectivity index (χ4v) is 4.22. The quantitative estimate of drug-likeness (QED) is 0.340. The van der Waals surface area contributed by atoms with E-state index in [2.05, 4.69) is 52.8 Å². The number of carbonyl (C=O) groups excluding carboxylic acids is 1. The first-order valence-corrected chi connectivity index (χ1v) is 13.4. The Morgan fingerprint density at radius 2 is 2.00 bits per heavy atom. The molecule has 1 saturated heterocycles. The molecule has 3 heterocycles. The first-order chi connectivity index (χ1) is 16.4. The summed E-state index contributed by atoms with van der Waals surface area (Å²) in [6.45, 7) is 9.48. The van der Waals surface area contributed by atoms with Crippen LogP contribution in [-0.2, 0) is 14.9 Å². The molecule has 0 aromatic carbocycles. The molecule has 4 rings (SSSR count). The van der Waals surface area contributed by atoms with Crippen LogP contribution in [0.1, 0.15) is 52.1 Å². The van der Waals surface area contributed by atoms with E-state index < -0.39 is 0 Å². The Bertz CT molecular complexity index is 918. The summed E-state index contributed by atoms with van der Waals surface area (Å²) in [6.07, 6.45) is 8.59. The number of nitrogens with zero attached hydrogens (tertiary/aromatic N) is 3. The summed E-state index contributed by atoms with van der Waals surface area (Å²) in [5.74, 6) is 2.20. The molecular weight excluding hydrogens is 470 g/mol. The van der Waals surface area contributed by atoms with Crippen LogP contribution in [0.3, 0.4) is 0 Å². The van der Waals surface area contributed by atoms with E-state index in [-0.39, 0.29) is 5.41 Å². The molecule has 1 aliphatic carbocycles. The number of carbonyl (C=O) groups is 1. The smallest absolute Gasteiger partial charge is 0.216 e. The van der Waals surface area contributed by atoms with Crippen LogP contribution >= 0.6 is 23.5 Å². The molecule has 2 aromatic rings. The van der Waals surface area contributed by atoms with Gasteiger partial charge in [0.1, 0.15) is 5.82 Å². The molecule has 1 aliphatic heterocycles. The van der Waals surface area contributed by atoms with Crippen LogP contribution in [0.25, 0.3) is 0 Å². The van der Waals surface area contributed by atoms with Gasteiger partial charge in [0, 0.05) is 49.4 Å². The molecule has 1 saturated carbocycles. The van der Waals surface area contributed by atoms with Crippen molar-refractivity contribution in [1.82, 2.24) is 14.7 Å². The molecule has 1 amide bonds. The monoisotopic (exact) mass is 505 g/mol. The van der Waals surface area contributed by atoms with Gasteiger partial charge in [0.15, 0.2) is 5.82 Å². The average Bonchev–Trinajstić information content (AvgIpc) is 3.59. The highest BCUT2D eigenvalue weighted by Gasteiger charge is 2.41. The van der Waals surface area contributed by atoms with Gasteiger partial charge in [0.2, 0.25) is 6.41 Å². The number of hydrogen-bond donors (Lipinski definition) is 2. The highest BCUT2D eigenvalue weighted by molar-refractivity contribution is 7.97. The lowest BCUT2D eigenvalue weighted by molar-refractivity contribution is -0.107. The van der Waals surface area contributed by atoms with Crippen molar-refractivity contribution in [2.75, 3.05) is 36.2 Å². The Hall–Kier alpha value is -2.03. The lowest BCUT2D eigenvalue weighted by Crippen LogP contribution is -2.42. The zero-order valence-corrected chi connectivity index (χ0v) is 22.1. The van der Waals surface area contributed by atoms with Crippen molar-refractivity contribution < 1.29 is 9.53 Å². The first-order valence-electron chi connectivity index (χ1n) is 11.8. The summed E-state index contributed by atoms with van der Waals surface area (Å²) in [6, 6.07) is 8.69. The van der Waals surface area contributed by atoms with E-state index in [0.717, 1.165) is 55.6 Å². The maximum absolute atomic E-state index is 9.27. The van der Waals surface area contributed by atoms with Gasteiger partial charge in [-0.25, -0.2) is 9.97 Å². The topological polar surface area (TPSA) is 79.4 Å². The second-order valence-electron chi connectivity index (χ2n) is 9.44. The van der Waals surface area contributed by atoms with Crippen molar-refractivity contribution in [2.24, 2.45) is 5.92 Å². The second-order valence-corrected chi connectivity index (χ2v) is 10.5. The van der Waals surface area contributed by atoms with E-state index in [0.29, 0.717) is 23.4 Å². The fourth-order valence-electron chi connectivity index (χ4n) is 4.01. The molecule has 2 N–H and O–H groups in total. The van der Waals surface area contributed by atoms with Gasteiger partial charge in [-0.3, -0.25) is 4.79 Å². The molecule has 186 valence electrons. The summed E-state index contributed by atoms with van der Waals surface area (Å²) in [7, 11) is 0.